The maximum atomic E-state index is 11.7. The lowest BCUT2D eigenvalue weighted by Gasteiger charge is -2.12. The van der Waals surface area contributed by atoms with Gasteiger partial charge in [0.05, 0.1) is 5.92 Å². The number of ketones is 1. The minimum atomic E-state index is -0.893. The Morgan fingerprint density at radius 2 is 1.72 bits per heavy atom. The lowest BCUT2D eigenvalue weighted by atomic mass is 9.92. The van der Waals surface area contributed by atoms with Gasteiger partial charge in [0.1, 0.15) is 5.78 Å². The Hall–Kier alpha value is -1.64. The van der Waals surface area contributed by atoms with Crippen molar-refractivity contribution >= 4 is 11.8 Å². The molecule has 1 atom stereocenters. The fourth-order valence-corrected chi connectivity index (χ4v) is 1.96. The number of rotatable bonds is 7. The molecule has 0 fully saturated rings. The van der Waals surface area contributed by atoms with Gasteiger partial charge in [0.15, 0.2) is 0 Å². The molecular weight excluding hydrogens is 228 g/mol. The van der Waals surface area contributed by atoms with Crippen molar-refractivity contribution in [2.24, 2.45) is 11.8 Å². The van der Waals surface area contributed by atoms with Crippen LogP contribution in [0.1, 0.15) is 32.3 Å². The van der Waals surface area contributed by atoms with Crippen molar-refractivity contribution in [1.82, 2.24) is 0 Å². The van der Waals surface area contributed by atoms with Crippen molar-refractivity contribution in [1.29, 1.82) is 0 Å². The number of aliphatic carboxylic acids is 1. The highest BCUT2D eigenvalue weighted by Gasteiger charge is 2.21. The van der Waals surface area contributed by atoms with Gasteiger partial charge < -0.3 is 5.11 Å². The third kappa shape index (κ3) is 5.13. The second kappa shape index (κ2) is 6.94. The minimum absolute atomic E-state index is 0.0355. The van der Waals surface area contributed by atoms with Crippen molar-refractivity contribution in [2.75, 3.05) is 0 Å². The van der Waals surface area contributed by atoms with Gasteiger partial charge in [-0.25, -0.2) is 0 Å². The van der Waals surface area contributed by atoms with E-state index >= 15 is 0 Å². The van der Waals surface area contributed by atoms with E-state index in [-0.39, 0.29) is 18.1 Å². The molecule has 0 aliphatic carbocycles. The van der Waals surface area contributed by atoms with Gasteiger partial charge in [0.2, 0.25) is 0 Å². The van der Waals surface area contributed by atoms with Crippen molar-refractivity contribution in [3.63, 3.8) is 0 Å². The summed E-state index contributed by atoms with van der Waals surface area (Å²) in [5.74, 6) is -1.19. The molecule has 18 heavy (non-hydrogen) atoms. The zero-order chi connectivity index (χ0) is 13.5. The summed E-state index contributed by atoms with van der Waals surface area (Å²) >= 11 is 0. The first-order chi connectivity index (χ1) is 8.49. The monoisotopic (exact) mass is 248 g/mol. The molecule has 0 heterocycles. The zero-order valence-electron chi connectivity index (χ0n) is 10.9. The van der Waals surface area contributed by atoms with Crippen LogP contribution in [0, 0.1) is 11.8 Å². The molecule has 1 unspecified atom stereocenters. The maximum absolute atomic E-state index is 11.7. The quantitative estimate of drug-likeness (QED) is 0.807. The van der Waals surface area contributed by atoms with E-state index in [0.29, 0.717) is 12.8 Å². The lowest BCUT2D eigenvalue weighted by molar-refractivity contribution is -0.143. The summed E-state index contributed by atoms with van der Waals surface area (Å²) < 4.78 is 0. The molecule has 1 aromatic carbocycles. The molecule has 0 saturated carbocycles. The molecule has 1 rings (SSSR count). The SMILES string of the molecule is CC(C)CC(=O)CC(Cc1ccccc1)C(=O)O. The van der Waals surface area contributed by atoms with E-state index in [2.05, 4.69) is 0 Å². The Labute approximate surface area is 108 Å². The van der Waals surface area contributed by atoms with Crippen LogP contribution < -0.4 is 0 Å². The molecule has 3 heteroatoms. The van der Waals surface area contributed by atoms with E-state index in [1.807, 2.05) is 44.2 Å². The molecule has 0 amide bonds. The number of carbonyl (C=O) groups excluding carboxylic acids is 1. The van der Waals surface area contributed by atoms with Crippen LogP contribution in [0.3, 0.4) is 0 Å². The molecule has 3 nitrogen and oxygen atoms in total. The average molecular weight is 248 g/mol. The fourth-order valence-electron chi connectivity index (χ4n) is 1.96. The van der Waals surface area contributed by atoms with Gasteiger partial charge in [0.25, 0.3) is 0 Å². The topological polar surface area (TPSA) is 54.4 Å². The number of hydrogen-bond acceptors (Lipinski definition) is 2. The van der Waals surface area contributed by atoms with Crippen LogP contribution in [-0.2, 0) is 16.0 Å². The highest BCUT2D eigenvalue weighted by atomic mass is 16.4. The molecule has 0 bridgehead atoms. The van der Waals surface area contributed by atoms with Crippen LogP contribution in [0.5, 0.6) is 0 Å². The lowest BCUT2D eigenvalue weighted by Crippen LogP contribution is -2.21. The van der Waals surface area contributed by atoms with Gasteiger partial charge in [-0.05, 0) is 17.9 Å². The van der Waals surface area contributed by atoms with Crippen molar-refractivity contribution in [3.05, 3.63) is 35.9 Å². The predicted octanol–water partition coefficient (Wildman–Crippen LogP) is 2.94. The second-order valence-electron chi connectivity index (χ2n) is 5.07. The largest absolute Gasteiger partial charge is 0.481 e. The van der Waals surface area contributed by atoms with Gasteiger partial charge in [-0.3, -0.25) is 9.59 Å². The zero-order valence-corrected chi connectivity index (χ0v) is 10.9. The molecule has 1 aromatic rings. The molecule has 0 aliphatic heterocycles. The van der Waals surface area contributed by atoms with Gasteiger partial charge in [-0.2, -0.15) is 0 Å². The van der Waals surface area contributed by atoms with Crippen molar-refractivity contribution in [3.8, 4) is 0 Å². The number of Topliss-reactive ketones (excluding diaryl/α,β-unsaturated/α-hetero) is 1. The van der Waals surface area contributed by atoms with Crippen LogP contribution in [0.4, 0.5) is 0 Å². The van der Waals surface area contributed by atoms with Gasteiger partial charge >= 0.3 is 5.97 Å². The first-order valence-corrected chi connectivity index (χ1v) is 6.27. The van der Waals surface area contributed by atoms with Crippen LogP contribution in [0.2, 0.25) is 0 Å². The van der Waals surface area contributed by atoms with Crippen LogP contribution in [0.15, 0.2) is 30.3 Å². The highest BCUT2D eigenvalue weighted by molar-refractivity contribution is 5.84. The van der Waals surface area contributed by atoms with Crippen molar-refractivity contribution < 1.29 is 14.7 Å². The summed E-state index contributed by atoms with van der Waals surface area (Å²) in [6, 6.07) is 9.43. The van der Waals surface area contributed by atoms with Crippen LogP contribution in [-0.4, -0.2) is 16.9 Å². The second-order valence-corrected chi connectivity index (χ2v) is 5.07. The maximum Gasteiger partial charge on any atom is 0.307 e. The van der Waals surface area contributed by atoms with E-state index in [1.165, 1.54) is 0 Å². The summed E-state index contributed by atoms with van der Waals surface area (Å²) in [6.07, 6.45) is 1.00. The third-order valence-corrected chi connectivity index (χ3v) is 2.78. The number of benzene rings is 1. The van der Waals surface area contributed by atoms with E-state index in [0.717, 1.165) is 5.56 Å². The molecule has 98 valence electrons. The average Bonchev–Trinajstić information content (AvgIpc) is 2.28. The Kier molecular flexibility index (Phi) is 5.56. The fraction of sp³-hybridized carbons (Fsp3) is 0.467. The molecule has 0 spiro atoms. The number of hydrogen-bond donors (Lipinski definition) is 1. The Bertz CT molecular complexity index is 395. The van der Waals surface area contributed by atoms with Gasteiger partial charge in [0, 0.05) is 12.8 Å². The minimum Gasteiger partial charge on any atom is -0.481 e. The molecule has 0 aromatic heterocycles. The number of carbonyl (C=O) groups is 2. The normalized spacial score (nSPS) is 12.4. The van der Waals surface area contributed by atoms with E-state index in [9.17, 15) is 9.59 Å². The first kappa shape index (κ1) is 14.4. The molecule has 1 N–H and O–H groups in total. The summed E-state index contributed by atoms with van der Waals surface area (Å²) in [5.41, 5.74) is 0.960. The Morgan fingerprint density at radius 1 is 1.11 bits per heavy atom. The molecule has 0 radical (unpaired) electrons. The Morgan fingerprint density at radius 3 is 2.22 bits per heavy atom. The van der Waals surface area contributed by atoms with E-state index in [4.69, 9.17) is 5.11 Å². The Balaban J connectivity index is 2.61. The van der Waals surface area contributed by atoms with E-state index < -0.39 is 11.9 Å². The predicted molar refractivity (Wildman–Crippen MR) is 70.4 cm³/mol. The number of carboxylic acid groups (broad SMARTS) is 1. The molecular formula is C15H20O3. The van der Waals surface area contributed by atoms with E-state index in [1.54, 1.807) is 0 Å². The number of carboxylic acids is 1. The summed E-state index contributed by atoms with van der Waals surface area (Å²) in [5, 5.41) is 9.17. The standard InChI is InChI=1S/C15H20O3/c1-11(2)8-14(16)10-13(15(17)18)9-12-6-4-3-5-7-12/h3-7,11,13H,8-10H2,1-2H3,(H,17,18). The third-order valence-electron chi connectivity index (χ3n) is 2.78. The molecule has 0 saturated heterocycles. The van der Waals surface area contributed by atoms with Crippen LogP contribution >= 0.6 is 0 Å². The summed E-state index contributed by atoms with van der Waals surface area (Å²) in [6.45, 7) is 3.93. The summed E-state index contributed by atoms with van der Waals surface area (Å²) in [7, 11) is 0. The molecule has 0 aliphatic rings. The smallest absolute Gasteiger partial charge is 0.307 e. The van der Waals surface area contributed by atoms with Crippen LogP contribution in [0.25, 0.3) is 0 Å². The summed E-state index contributed by atoms with van der Waals surface area (Å²) in [4.78, 5) is 22.9. The highest BCUT2D eigenvalue weighted by Crippen LogP contribution is 2.15. The first-order valence-electron chi connectivity index (χ1n) is 6.27. The van der Waals surface area contributed by atoms with Gasteiger partial charge in [-0.1, -0.05) is 44.2 Å². The van der Waals surface area contributed by atoms with Crippen molar-refractivity contribution in [2.45, 2.75) is 33.1 Å². The van der Waals surface area contributed by atoms with Gasteiger partial charge in [-0.15, -0.1) is 0 Å².